The van der Waals surface area contributed by atoms with Gasteiger partial charge in [0, 0.05) is 32.3 Å². The number of hydrogen-bond acceptors (Lipinski definition) is 2. The maximum atomic E-state index is 4.11. The van der Waals surface area contributed by atoms with Crippen LogP contribution in [-0.2, 0) is 7.05 Å². The van der Waals surface area contributed by atoms with E-state index in [2.05, 4.69) is 16.6 Å². The molecule has 0 amide bonds. The minimum Gasteiger partial charge on any atom is -0.315 e. The van der Waals surface area contributed by atoms with Crippen LogP contribution in [0.4, 0.5) is 0 Å². The Morgan fingerprint density at radius 2 is 2.36 bits per heavy atom. The zero-order valence-electron chi connectivity index (χ0n) is 6.45. The van der Waals surface area contributed by atoms with Crippen LogP contribution in [0.25, 0.3) is 0 Å². The van der Waals surface area contributed by atoms with Crippen LogP contribution in [0.1, 0.15) is 11.5 Å². The molecule has 1 fully saturated rings. The summed E-state index contributed by atoms with van der Waals surface area (Å²) in [5.41, 5.74) is 1.36. The Morgan fingerprint density at radius 3 is 2.73 bits per heavy atom. The first-order valence-electron chi connectivity index (χ1n) is 3.55. The highest BCUT2D eigenvalue weighted by Gasteiger charge is 2.19. The van der Waals surface area contributed by atoms with E-state index < -0.39 is 0 Å². The first-order chi connectivity index (χ1) is 4.86. The molecule has 2 heterocycles. The normalized spacial score (nSPS) is 17.2. The van der Waals surface area contributed by atoms with Crippen molar-refractivity contribution < 1.29 is 0 Å². The van der Waals surface area contributed by atoms with Gasteiger partial charge >= 0.3 is 0 Å². The highest BCUT2D eigenvalue weighted by molar-refractivity contribution is 5.85. The summed E-state index contributed by atoms with van der Waals surface area (Å²) in [6.07, 6.45) is 4.04. The predicted molar refractivity (Wildman–Crippen MR) is 46.1 cm³/mol. The second-order valence-corrected chi connectivity index (χ2v) is 2.80. The number of halogens is 1. The number of nitrogens with one attached hydrogen (secondary N) is 1. The van der Waals surface area contributed by atoms with Crippen molar-refractivity contribution >= 4 is 12.4 Å². The minimum absolute atomic E-state index is 0. The molecule has 1 aliphatic heterocycles. The van der Waals surface area contributed by atoms with Gasteiger partial charge in [-0.25, -0.2) is 0 Å². The van der Waals surface area contributed by atoms with E-state index in [0.717, 1.165) is 13.1 Å². The molecule has 0 atom stereocenters. The van der Waals surface area contributed by atoms with Gasteiger partial charge in [-0.15, -0.1) is 12.4 Å². The van der Waals surface area contributed by atoms with Crippen LogP contribution in [0.3, 0.4) is 0 Å². The molecule has 2 rings (SSSR count). The van der Waals surface area contributed by atoms with Crippen molar-refractivity contribution in [1.29, 1.82) is 0 Å². The third kappa shape index (κ3) is 1.54. The summed E-state index contributed by atoms with van der Waals surface area (Å²) in [4.78, 5) is 0. The van der Waals surface area contributed by atoms with Crippen LogP contribution < -0.4 is 5.32 Å². The summed E-state index contributed by atoms with van der Waals surface area (Å²) in [6.45, 7) is 2.23. The van der Waals surface area contributed by atoms with E-state index in [4.69, 9.17) is 0 Å². The van der Waals surface area contributed by atoms with Crippen LogP contribution in [0.5, 0.6) is 0 Å². The fourth-order valence-electron chi connectivity index (χ4n) is 1.18. The lowest BCUT2D eigenvalue weighted by atomic mass is 9.97. The van der Waals surface area contributed by atoms with Crippen molar-refractivity contribution in [3.63, 3.8) is 0 Å². The Labute approximate surface area is 72.2 Å². The highest BCUT2D eigenvalue weighted by Crippen LogP contribution is 2.17. The lowest BCUT2D eigenvalue weighted by Gasteiger charge is -2.25. The van der Waals surface area contributed by atoms with Crippen LogP contribution in [0, 0.1) is 0 Å². The monoisotopic (exact) mass is 173 g/mol. The molecule has 3 nitrogen and oxygen atoms in total. The van der Waals surface area contributed by atoms with E-state index in [1.165, 1.54) is 5.56 Å². The molecule has 0 bridgehead atoms. The van der Waals surface area contributed by atoms with Gasteiger partial charge < -0.3 is 5.32 Å². The van der Waals surface area contributed by atoms with E-state index in [0.29, 0.717) is 5.92 Å². The molecule has 0 aliphatic carbocycles. The molecule has 62 valence electrons. The van der Waals surface area contributed by atoms with Crippen LogP contribution >= 0.6 is 12.4 Å². The smallest absolute Gasteiger partial charge is 0.0525 e. The Bertz CT molecular complexity index is 229. The number of aryl methyl sites for hydroxylation is 1. The molecule has 1 saturated heterocycles. The third-order valence-corrected chi connectivity index (χ3v) is 1.98. The molecule has 0 saturated carbocycles. The van der Waals surface area contributed by atoms with Crippen LogP contribution in [0.2, 0.25) is 0 Å². The molecule has 1 aliphatic rings. The van der Waals surface area contributed by atoms with E-state index >= 15 is 0 Å². The van der Waals surface area contributed by atoms with Gasteiger partial charge in [0.05, 0.1) is 6.20 Å². The van der Waals surface area contributed by atoms with Crippen LogP contribution in [0.15, 0.2) is 12.4 Å². The summed E-state index contributed by atoms with van der Waals surface area (Å²) in [6, 6.07) is 0. The molecule has 4 heteroatoms. The second kappa shape index (κ2) is 3.24. The average Bonchev–Trinajstić information content (AvgIpc) is 2.10. The van der Waals surface area contributed by atoms with Crippen molar-refractivity contribution in [3.8, 4) is 0 Å². The molecule has 1 aromatic heterocycles. The number of aromatic nitrogens is 2. The highest BCUT2D eigenvalue weighted by atomic mass is 35.5. The number of nitrogens with zero attached hydrogens (tertiary/aromatic N) is 2. The molecular weight excluding hydrogens is 162 g/mol. The molecule has 0 radical (unpaired) electrons. The standard InChI is InChI=1S/C7H11N3.ClH/c1-10-5-7(4-9-10)6-2-8-3-6;/h4-6,8H,2-3H2,1H3;1H. The van der Waals surface area contributed by atoms with E-state index in [-0.39, 0.29) is 12.4 Å². The first-order valence-corrected chi connectivity index (χ1v) is 3.55. The summed E-state index contributed by atoms with van der Waals surface area (Å²) < 4.78 is 1.85. The van der Waals surface area contributed by atoms with Gasteiger partial charge in [0.2, 0.25) is 0 Å². The van der Waals surface area contributed by atoms with Gasteiger partial charge in [0.1, 0.15) is 0 Å². The molecule has 0 aromatic carbocycles. The third-order valence-electron chi connectivity index (χ3n) is 1.98. The lowest BCUT2D eigenvalue weighted by Crippen LogP contribution is -2.39. The Kier molecular flexibility index (Phi) is 2.52. The van der Waals surface area contributed by atoms with E-state index in [9.17, 15) is 0 Å². The number of hydrogen-bond donors (Lipinski definition) is 1. The topological polar surface area (TPSA) is 29.9 Å². The van der Waals surface area contributed by atoms with Crippen molar-refractivity contribution in [1.82, 2.24) is 15.1 Å². The molecule has 11 heavy (non-hydrogen) atoms. The van der Waals surface area contributed by atoms with Gasteiger partial charge in [0.15, 0.2) is 0 Å². The van der Waals surface area contributed by atoms with Gasteiger partial charge in [-0.05, 0) is 5.56 Å². The minimum atomic E-state index is 0. The quantitative estimate of drug-likeness (QED) is 0.672. The molecule has 1 N–H and O–H groups in total. The maximum absolute atomic E-state index is 4.11. The van der Waals surface area contributed by atoms with Gasteiger partial charge in [-0.2, -0.15) is 5.10 Å². The second-order valence-electron chi connectivity index (χ2n) is 2.80. The summed E-state index contributed by atoms with van der Waals surface area (Å²) in [7, 11) is 1.95. The van der Waals surface area contributed by atoms with Gasteiger partial charge in [0.25, 0.3) is 0 Å². The predicted octanol–water partition coefficient (Wildman–Crippen LogP) is 0.529. The van der Waals surface area contributed by atoms with Crippen molar-refractivity contribution in [2.45, 2.75) is 5.92 Å². The van der Waals surface area contributed by atoms with E-state index in [1.807, 2.05) is 17.9 Å². The average molecular weight is 174 g/mol. The molecule has 0 unspecified atom stereocenters. The van der Waals surface area contributed by atoms with Crippen molar-refractivity contribution in [2.75, 3.05) is 13.1 Å². The van der Waals surface area contributed by atoms with Crippen molar-refractivity contribution in [2.24, 2.45) is 7.05 Å². The maximum Gasteiger partial charge on any atom is 0.0525 e. The molecular formula is C7H12ClN3. The first kappa shape index (κ1) is 8.56. The summed E-state index contributed by atoms with van der Waals surface area (Å²) in [5.74, 6) is 0.716. The van der Waals surface area contributed by atoms with Crippen molar-refractivity contribution in [3.05, 3.63) is 18.0 Å². The molecule has 0 spiro atoms. The zero-order chi connectivity index (χ0) is 6.97. The Balaban J connectivity index is 0.000000605. The molecule has 1 aromatic rings. The van der Waals surface area contributed by atoms with E-state index in [1.54, 1.807) is 0 Å². The zero-order valence-corrected chi connectivity index (χ0v) is 7.27. The Morgan fingerprint density at radius 1 is 1.64 bits per heavy atom. The van der Waals surface area contributed by atoms with Gasteiger partial charge in [-0.1, -0.05) is 0 Å². The number of rotatable bonds is 1. The summed E-state index contributed by atoms with van der Waals surface area (Å²) >= 11 is 0. The lowest BCUT2D eigenvalue weighted by molar-refractivity contribution is 0.448. The largest absolute Gasteiger partial charge is 0.315 e. The Hall–Kier alpha value is -0.540. The fourth-order valence-corrected chi connectivity index (χ4v) is 1.18. The summed E-state index contributed by atoms with van der Waals surface area (Å²) in [5, 5.41) is 7.34. The van der Waals surface area contributed by atoms with Crippen LogP contribution in [-0.4, -0.2) is 22.9 Å². The fraction of sp³-hybridized carbons (Fsp3) is 0.571. The SMILES string of the molecule is Cl.Cn1cc(C2CNC2)cn1. The van der Waals surface area contributed by atoms with Gasteiger partial charge in [-0.3, -0.25) is 4.68 Å².